The zero-order valence-corrected chi connectivity index (χ0v) is 23.7. The molecular formula is C35H27FN2O5. The van der Waals surface area contributed by atoms with Gasteiger partial charge in [0.1, 0.15) is 46.9 Å². The zero-order valence-electron chi connectivity index (χ0n) is 23.7. The average molecular weight is 575 g/mol. The van der Waals surface area contributed by atoms with Crippen molar-refractivity contribution in [3.63, 3.8) is 0 Å². The van der Waals surface area contributed by atoms with Crippen LogP contribution in [-0.4, -0.2) is 5.97 Å². The molecule has 43 heavy (non-hydrogen) atoms. The van der Waals surface area contributed by atoms with Crippen LogP contribution in [0.3, 0.4) is 0 Å². The van der Waals surface area contributed by atoms with Crippen LogP contribution in [0.5, 0.6) is 17.2 Å². The molecule has 6 rings (SSSR count). The third kappa shape index (κ3) is 5.29. The number of halogens is 1. The Hall–Kier alpha value is -5.55. The van der Waals surface area contributed by atoms with E-state index in [2.05, 4.69) is 6.07 Å². The van der Waals surface area contributed by atoms with Crippen LogP contribution in [-0.2, 0) is 6.61 Å². The lowest BCUT2D eigenvalue weighted by Gasteiger charge is -2.27. The van der Waals surface area contributed by atoms with Gasteiger partial charge in [-0.3, -0.25) is 0 Å². The number of benzene rings is 4. The van der Waals surface area contributed by atoms with Crippen molar-refractivity contribution in [3.05, 3.63) is 135 Å². The number of carbonyl (C=O) groups is 1. The first-order chi connectivity index (χ1) is 20.7. The second kappa shape index (κ2) is 11.0. The van der Waals surface area contributed by atoms with Gasteiger partial charge in [0.15, 0.2) is 0 Å². The molecule has 1 unspecified atom stereocenters. The van der Waals surface area contributed by atoms with Crippen molar-refractivity contribution in [2.75, 3.05) is 0 Å². The molecule has 214 valence electrons. The number of aryl methyl sites for hydroxylation is 3. The first-order valence-electron chi connectivity index (χ1n) is 13.6. The molecule has 0 saturated heterocycles. The van der Waals surface area contributed by atoms with E-state index in [9.17, 15) is 14.4 Å². The number of nitrogens with two attached hydrogens (primary N) is 1. The number of furan rings is 1. The molecule has 0 fully saturated rings. The van der Waals surface area contributed by atoms with Gasteiger partial charge in [-0.05, 0) is 79.4 Å². The molecule has 0 saturated carbocycles. The molecule has 7 nitrogen and oxygen atoms in total. The summed E-state index contributed by atoms with van der Waals surface area (Å²) in [5.74, 6) is -0.240. The average Bonchev–Trinajstić information content (AvgIpc) is 3.32. The number of fused-ring (bicyclic) bond motifs is 2. The number of hydrogen-bond donors (Lipinski definition) is 1. The molecule has 1 atom stereocenters. The van der Waals surface area contributed by atoms with E-state index in [0.717, 1.165) is 27.6 Å². The van der Waals surface area contributed by atoms with Gasteiger partial charge in [-0.15, -0.1) is 0 Å². The Bertz CT molecular complexity index is 1970. The summed E-state index contributed by atoms with van der Waals surface area (Å²) in [5.41, 5.74) is 12.1. The van der Waals surface area contributed by atoms with Gasteiger partial charge < -0.3 is 24.4 Å². The minimum Gasteiger partial charge on any atom is -0.489 e. The predicted octanol–water partition coefficient (Wildman–Crippen LogP) is 7.51. The molecule has 5 aromatic rings. The quantitative estimate of drug-likeness (QED) is 0.165. The lowest BCUT2D eigenvalue weighted by molar-refractivity contribution is 0.0702. The van der Waals surface area contributed by atoms with E-state index >= 15 is 0 Å². The Morgan fingerprint density at radius 1 is 1.00 bits per heavy atom. The molecule has 1 aliphatic heterocycles. The summed E-state index contributed by atoms with van der Waals surface area (Å²) in [5, 5.41) is 10.9. The lowest BCUT2D eigenvalue weighted by atomic mass is 9.83. The monoisotopic (exact) mass is 574 g/mol. The van der Waals surface area contributed by atoms with Crippen molar-refractivity contribution < 1.29 is 27.8 Å². The van der Waals surface area contributed by atoms with Gasteiger partial charge in [0.2, 0.25) is 11.6 Å². The van der Waals surface area contributed by atoms with E-state index in [1.54, 1.807) is 36.4 Å². The summed E-state index contributed by atoms with van der Waals surface area (Å²) in [6.07, 6.45) is 0. The largest absolute Gasteiger partial charge is 0.489 e. The Morgan fingerprint density at radius 2 is 1.79 bits per heavy atom. The SMILES string of the molecule is Cc1cc(C)c2c(C)c(C(=O)Oc3ccc4c(c3)OC(N)=C(C#N)C4c3cccc(OCc4ccc(F)cc4)c3)oc2c1. The van der Waals surface area contributed by atoms with Gasteiger partial charge >= 0.3 is 5.97 Å². The van der Waals surface area contributed by atoms with Gasteiger partial charge in [-0.25, -0.2) is 9.18 Å². The Morgan fingerprint density at radius 3 is 2.56 bits per heavy atom. The van der Waals surface area contributed by atoms with E-state index in [4.69, 9.17) is 24.4 Å². The number of ether oxygens (including phenoxy) is 3. The van der Waals surface area contributed by atoms with Crippen molar-refractivity contribution in [3.8, 4) is 23.3 Å². The van der Waals surface area contributed by atoms with Crippen LogP contribution >= 0.6 is 0 Å². The van der Waals surface area contributed by atoms with E-state index in [1.165, 1.54) is 12.1 Å². The normalized spacial score (nSPS) is 14.2. The molecule has 0 spiro atoms. The van der Waals surface area contributed by atoms with E-state index < -0.39 is 11.9 Å². The highest BCUT2D eigenvalue weighted by molar-refractivity contribution is 5.98. The van der Waals surface area contributed by atoms with Crippen LogP contribution in [0.15, 0.2) is 94.7 Å². The van der Waals surface area contributed by atoms with Crippen LogP contribution in [0.25, 0.3) is 11.0 Å². The van der Waals surface area contributed by atoms with Crippen molar-refractivity contribution in [1.29, 1.82) is 5.26 Å². The van der Waals surface area contributed by atoms with Crippen molar-refractivity contribution in [1.82, 2.24) is 0 Å². The number of nitriles is 1. The first kappa shape index (κ1) is 27.6. The number of rotatable bonds is 6. The topological polar surface area (TPSA) is 108 Å². The fourth-order valence-electron chi connectivity index (χ4n) is 5.51. The van der Waals surface area contributed by atoms with Crippen molar-refractivity contribution in [2.24, 2.45) is 5.73 Å². The maximum absolute atomic E-state index is 13.3. The van der Waals surface area contributed by atoms with Crippen molar-refractivity contribution >= 4 is 16.9 Å². The third-order valence-corrected chi connectivity index (χ3v) is 7.47. The highest BCUT2D eigenvalue weighted by Gasteiger charge is 2.32. The number of carbonyl (C=O) groups excluding carboxylic acids is 1. The number of nitrogens with zero attached hydrogens (tertiary/aromatic N) is 1. The molecule has 0 amide bonds. The van der Waals surface area contributed by atoms with E-state index in [1.807, 2.05) is 51.1 Å². The minimum atomic E-state index is -0.634. The molecule has 8 heteroatoms. The van der Waals surface area contributed by atoms with Crippen molar-refractivity contribution in [2.45, 2.75) is 33.3 Å². The minimum absolute atomic E-state index is 0.0416. The Labute approximate surface area is 247 Å². The lowest BCUT2D eigenvalue weighted by Crippen LogP contribution is -2.21. The summed E-state index contributed by atoms with van der Waals surface area (Å²) < 4.78 is 36.6. The van der Waals surface area contributed by atoms with Gasteiger partial charge in [0.25, 0.3) is 0 Å². The van der Waals surface area contributed by atoms with E-state index in [0.29, 0.717) is 28.2 Å². The Balaban J connectivity index is 1.28. The summed E-state index contributed by atoms with van der Waals surface area (Å²) in [6, 6.07) is 24.5. The molecule has 2 heterocycles. The fraction of sp³-hybridized carbons (Fsp3) is 0.143. The molecule has 1 aliphatic rings. The van der Waals surface area contributed by atoms with Gasteiger partial charge in [-0.1, -0.05) is 36.4 Å². The molecule has 0 aliphatic carbocycles. The summed E-state index contributed by atoms with van der Waals surface area (Å²) in [6.45, 7) is 6.02. The standard InChI is InChI=1S/C35H27FN2O5/c1-19-13-20(2)31-21(3)33(42-30(31)14-19)35(39)41-26-11-12-27-29(16-26)43-34(38)28(17-37)32(27)23-5-4-6-25(15-23)40-18-22-7-9-24(36)10-8-22/h4-16,32H,18,38H2,1-3H3. The summed E-state index contributed by atoms with van der Waals surface area (Å²) in [7, 11) is 0. The maximum Gasteiger partial charge on any atom is 0.379 e. The fourth-order valence-corrected chi connectivity index (χ4v) is 5.51. The van der Waals surface area contributed by atoms with Gasteiger partial charge in [-0.2, -0.15) is 5.26 Å². The molecule has 0 bridgehead atoms. The highest BCUT2D eigenvalue weighted by atomic mass is 19.1. The Kier molecular flexibility index (Phi) is 7.08. The van der Waals surface area contributed by atoms with Gasteiger partial charge in [0, 0.05) is 22.6 Å². The van der Waals surface area contributed by atoms with Gasteiger partial charge in [0.05, 0.1) is 5.92 Å². The zero-order chi connectivity index (χ0) is 30.2. The highest BCUT2D eigenvalue weighted by Crippen LogP contribution is 2.44. The molecule has 0 radical (unpaired) electrons. The third-order valence-electron chi connectivity index (χ3n) is 7.47. The second-order valence-electron chi connectivity index (χ2n) is 10.5. The smallest absolute Gasteiger partial charge is 0.379 e. The summed E-state index contributed by atoms with van der Waals surface area (Å²) >= 11 is 0. The summed E-state index contributed by atoms with van der Waals surface area (Å²) in [4.78, 5) is 13.2. The predicted molar refractivity (Wildman–Crippen MR) is 158 cm³/mol. The molecular weight excluding hydrogens is 547 g/mol. The molecule has 2 N–H and O–H groups in total. The second-order valence-corrected chi connectivity index (χ2v) is 10.5. The van der Waals surface area contributed by atoms with Crippen LogP contribution in [0, 0.1) is 37.9 Å². The molecule has 4 aromatic carbocycles. The maximum atomic E-state index is 13.3. The molecule has 1 aromatic heterocycles. The van der Waals surface area contributed by atoms with Crippen LogP contribution in [0.1, 0.15) is 49.9 Å². The number of allylic oxidation sites excluding steroid dienone is 1. The van der Waals surface area contributed by atoms with E-state index in [-0.39, 0.29) is 35.4 Å². The number of esters is 1. The van der Waals surface area contributed by atoms with Crippen LogP contribution in [0.4, 0.5) is 4.39 Å². The van der Waals surface area contributed by atoms with Crippen LogP contribution < -0.4 is 19.9 Å². The number of hydrogen-bond acceptors (Lipinski definition) is 7. The first-order valence-corrected chi connectivity index (χ1v) is 13.6. The van der Waals surface area contributed by atoms with Crippen LogP contribution in [0.2, 0.25) is 0 Å².